The zero-order valence-corrected chi connectivity index (χ0v) is 16.1. The second-order valence-corrected chi connectivity index (χ2v) is 7.38. The molecule has 9 heteroatoms. The summed E-state index contributed by atoms with van der Waals surface area (Å²) in [5, 5.41) is 11.3. The highest BCUT2D eigenvalue weighted by atomic mass is 31.0. The van der Waals surface area contributed by atoms with Crippen LogP contribution in [0.15, 0.2) is 55.1 Å². The molecule has 1 aliphatic carbocycles. The first-order valence-corrected chi connectivity index (χ1v) is 9.15. The maximum Gasteiger partial charge on any atom is 0.295 e. The number of benzene rings is 2. The summed E-state index contributed by atoms with van der Waals surface area (Å²) in [7, 11) is 1.41. The molecule has 6 nitrogen and oxygen atoms in total. The Morgan fingerprint density at radius 2 is 1.86 bits per heavy atom. The minimum atomic E-state index is -3.58. The van der Waals surface area contributed by atoms with Crippen molar-refractivity contribution in [2.24, 2.45) is 5.73 Å². The zero-order valence-electron chi connectivity index (χ0n) is 15.0. The van der Waals surface area contributed by atoms with E-state index in [1.807, 2.05) is 0 Å². The van der Waals surface area contributed by atoms with Crippen LogP contribution in [0.5, 0.6) is 5.75 Å². The van der Waals surface area contributed by atoms with E-state index in [2.05, 4.69) is 9.97 Å². The lowest BCUT2D eigenvalue weighted by Crippen LogP contribution is -2.40. The summed E-state index contributed by atoms with van der Waals surface area (Å²) < 4.78 is 34.8. The van der Waals surface area contributed by atoms with E-state index >= 15 is 0 Å². The molecule has 0 aliphatic heterocycles. The molecule has 1 amide bonds. The summed E-state index contributed by atoms with van der Waals surface area (Å²) in [4.78, 5) is 19.1. The van der Waals surface area contributed by atoms with Gasteiger partial charge in [-0.2, -0.15) is 8.78 Å². The van der Waals surface area contributed by atoms with E-state index in [-0.39, 0.29) is 16.9 Å². The Morgan fingerprint density at radius 1 is 1.17 bits per heavy atom. The van der Waals surface area contributed by atoms with Crippen LogP contribution in [0.2, 0.25) is 0 Å². The van der Waals surface area contributed by atoms with Crippen LogP contribution in [-0.4, -0.2) is 33.3 Å². The molecule has 2 atom stereocenters. The van der Waals surface area contributed by atoms with Crippen molar-refractivity contribution in [3.05, 3.63) is 66.2 Å². The minimum Gasteiger partial charge on any atom is -0.484 e. The van der Waals surface area contributed by atoms with Gasteiger partial charge >= 0.3 is 0 Å². The SMILES string of the molecule is NC(=O)COc1cc(-c2cncnc2)c2c(c1)C(O)(C(F)(F)P)c1ccccc1-2. The molecule has 0 bridgehead atoms. The van der Waals surface area contributed by atoms with Gasteiger partial charge in [0, 0.05) is 29.1 Å². The molecule has 3 N–H and O–H groups in total. The second-order valence-electron chi connectivity index (χ2n) is 6.65. The quantitative estimate of drug-likeness (QED) is 0.625. The van der Waals surface area contributed by atoms with Crippen LogP contribution in [0, 0.1) is 0 Å². The number of fused-ring (bicyclic) bond motifs is 3. The summed E-state index contributed by atoms with van der Waals surface area (Å²) in [6.07, 6.45) is 4.40. The Hall–Kier alpha value is -2.96. The molecule has 0 radical (unpaired) electrons. The van der Waals surface area contributed by atoms with E-state index < -0.39 is 23.8 Å². The lowest BCUT2D eigenvalue weighted by atomic mass is 9.90. The first-order chi connectivity index (χ1) is 13.7. The van der Waals surface area contributed by atoms with Crippen molar-refractivity contribution in [2.75, 3.05) is 6.61 Å². The Bertz CT molecular complexity index is 1110. The molecule has 2 unspecified atom stereocenters. The number of ether oxygens (including phenoxy) is 1. The Labute approximate surface area is 167 Å². The highest BCUT2D eigenvalue weighted by Crippen LogP contribution is 2.59. The Kier molecular flexibility index (Phi) is 4.56. The smallest absolute Gasteiger partial charge is 0.295 e. The van der Waals surface area contributed by atoms with E-state index in [4.69, 9.17) is 10.5 Å². The molecule has 0 saturated heterocycles. The lowest BCUT2D eigenvalue weighted by molar-refractivity contribution is -0.119. The van der Waals surface area contributed by atoms with Crippen molar-refractivity contribution in [3.63, 3.8) is 0 Å². The van der Waals surface area contributed by atoms with Crippen molar-refractivity contribution in [1.82, 2.24) is 9.97 Å². The second kappa shape index (κ2) is 6.83. The molecule has 1 aliphatic rings. The molecule has 4 rings (SSSR count). The predicted octanol–water partition coefficient (Wildman–Crippen LogP) is 2.69. The van der Waals surface area contributed by atoms with Crippen molar-refractivity contribution in [1.29, 1.82) is 0 Å². The van der Waals surface area contributed by atoms with Gasteiger partial charge in [0.2, 0.25) is 0 Å². The van der Waals surface area contributed by atoms with Crippen molar-refractivity contribution in [2.45, 2.75) is 11.3 Å². The number of carbonyl (C=O) groups is 1. The third-order valence-electron chi connectivity index (χ3n) is 4.82. The van der Waals surface area contributed by atoms with Gasteiger partial charge in [-0.05, 0) is 28.8 Å². The van der Waals surface area contributed by atoms with Crippen molar-refractivity contribution >= 4 is 15.1 Å². The number of hydrogen-bond acceptors (Lipinski definition) is 5. The number of aliphatic hydroxyl groups is 1. The number of halogens is 2. The normalized spacial score (nSPS) is 17.5. The van der Waals surface area contributed by atoms with Crippen LogP contribution in [0.4, 0.5) is 8.78 Å². The standard InChI is InChI=1S/C20H16F2N3O3P/c21-20(22,29)19(27)15-4-2-1-3-13(15)18-14(11-7-24-10-25-8-11)5-12(6-16(18)19)28-9-17(23)26/h1-8,10,27H,9,29H2,(H2,23,26). The number of alkyl halides is 2. The van der Waals surface area contributed by atoms with Crippen LogP contribution in [0.1, 0.15) is 11.1 Å². The van der Waals surface area contributed by atoms with Crippen LogP contribution < -0.4 is 10.5 Å². The Morgan fingerprint density at radius 3 is 2.52 bits per heavy atom. The van der Waals surface area contributed by atoms with Crippen molar-refractivity contribution in [3.8, 4) is 28.0 Å². The van der Waals surface area contributed by atoms with Gasteiger partial charge in [0.25, 0.3) is 11.6 Å². The highest BCUT2D eigenvalue weighted by molar-refractivity contribution is 7.18. The zero-order chi connectivity index (χ0) is 20.8. The minimum absolute atomic E-state index is 0.0421. The first kappa shape index (κ1) is 19.4. The van der Waals surface area contributed by atoms with Gasteiger partial charge in [-0.25, -0.2) is 9.97 Å². The fourth-order valence-electron chi connectivity index (χ4n) is 3.62. The number of aromatic nitrogens is 2. The van der Waals surface area contributed by atoms with Gasteiger partial charge in [0.15, 0.2) is 12.2 Å². The molecule has 1 heterocycles. The number of nitrogens with two attached hydrogens (primary N) is 1. The van der Waals surface area contributed by atoms with Gasteiger partial charge in [0.05, 0.1) is 0 Å². The molecule has 0 fully saturated rings. The fourth-order valence-corrected chi connectivity index (χ4v) is 3.93. The average molecular weight is 415 g/mol. The van der Waals surface area contributed by atoms with E-state index in [0.29, 0.717) is 22.3 Å². The maximum absolute atomic E-state index is 14.7. The lowest BCUT2D eigenvalue weighted by Gasteiger charge is -2.32. The summed E-state index contributed by atoms with van der Waals surface area (Å²) >= 11 is 0. The number of amides is 1. The number of rotatable bonds is 5. The third-order valence-corrected chi connectivity index (χ3v) is 5.24. The van der Waals surface area contributed by atoms with E-state index in [9.17, 15) is 18.7 Å². The topological polar surface area (TPSA) is 98.3 Å². The fraction of sp³-hybridized carbons (Fsp3) is 0.150. The average Bonchev–Trinajstić information content (AvgIpc) is 2.97. The summed E-state index contributed by atoms with van der Waals surface area (Å²) in [6, 6.07) is 9.32. The molecule has 1 aromatic heterocycles. The van der Waals surface area contributed by atoms with Crippen LogP contribution in [0.25, 0.3) is 22.3 Å². The van der Waals surface area contributed by atoms with Gasteiger partial charge in [-0.15, -0.1) is 0 Å². The van der Waals surface area contributed by atoms with Crippen molar-refractivity contribution < 1.29 is 23.4 Å². The molecule has 3 aromatic rings. The highest BCUT2D eigenvalue weighted by Gasteiger charge is 2.57. The van der Waals surface area contributed by atoms with E-state index in [0.717, 1.165) is 0 Å². The van der Waals surface area contributed by atoms with Crippen LogP contribution >= 0.6 is 9.24 Å². The van der Waals surface area contributed by atoms with Crippen LogP contribution in [-0.2, 0) is 10.4 Å². The van der Waals surface area contributed by atoms with Gasteiger partial charge in [-0.3, -0.25) is 4.79 Å². The number of hydrogen-bond donors (Lipinski definition) is 2. The number of carbonyl (C=O) groups excluding carboxylic acids is 1. The monoisotopic (exact) mass is 415 g/mol. The molecular weight excluding hydrogens is 399 g/mol. The first-order valence-electron chi connectivity index (χ1n) is 8.57. The molecule has 29 heavy (non-hydrogen) atoms. The molecule has 148 valence electrons. The van der Waals surface area contributed by atoms with E-state index in [1.54, 1.807) is 24.3 Å². The Balaban J connectivity index is 2.05. The third kappa shape index (κ3) is 3.05. The molecule has 2 aromatic carbocycles. The largest absolute Gasteiger partial charge is 0.484 e. The van der Waals surface area contributed by atoms with Gasteiger partial charge in [-0.1, -0.05) is 33.5 Å². The molecule has 0 saturated carbocycles. The molecule has 0 spiro atoms. The maximum atomic E-state index is 14.7. The van der Waals surface area contributed by atoms with Gasteiger partial charge < -0.3 is 15.6 Å². The molecular formula is C20H16F2N3O3P. The number of nitrogens with zero attached hydrogens (tertiary/aromatic N) is 2. The summed E-state index contributed by atoms with van der Waals surface area (Å²) in [5.74, 6) is -0.605. The van der Waals surface area contributed by atoms with E-state index in [1.165, 1.54) is 40.1 Å². The van der Waals surface area contributed by atoms with Gasteiger partial charge in [0.1, 0.15) is 12.1 Å². The predicted molar refractivity (Wildman–Crippen MR) is 105 cm³/mol. The summed E-state index contributed by atoms with van der Waals surface area (Å²) in [5.41, 5.74) is 0.887. The van der Waals surface area contributed by atoms with Crippen LogP contribution in [0.3, 0.4) is 0 Å². The number of primary amides is 1. The summed E-state index contributed by atoms with van der Waals surface area (Å²) in [6.45, 7) is -0.438.